The van der Waals surface area contributed by atoms with Gasteiger partial charge >= 0.3 is 0 Å². The fourth-order valence-corrected chi connectivity index (χ4v) is 2.07. The van der Waals surface area contributed by atoms with E-state index in [1.165, 1.54) is 11.8 Å². The molecule has 1 N–H and O–H groups in total. The normalized spacial score (nSPS) is 10.2. The molecule has 5 heteroatoms. The standard InChI is InChI=1S/C15H21BrN2O2/c1-3-4-5-10-17-15(20)11-18(12(2)19)14-8-6-13(16)7-9-14/h6-9H,3-5,10-11H2,1-2H3,(H,17,20). The van der Waals surface area contributed by atoms with E-state index in [2.05, 4.69) is 28.2 Å². The van der Waals surface area contributed by atoms with Crippen molar-refractivity contribution in [1.29, 1.82) is 0 Å². The number of rotatable bonds is 7. The second kappa shape index (κ2) is 8.74. The molecule has 0 saturated carbocycles. The summed E-state index contributed by atoms with van der Waals surface area (Å²) in [6, 6.07) is 7.33. The molecule has 4 nitrogen and oxygen atoms in total. The Morgan fingerprint density at radius 2 is 1.85 bits per heavy atom. The highest BCUT2D eigenvalue weighted by Crippen LogP contribution is 2.18. The number of amides is 2. The highest BCUT2D eigenvalue weighted by atomic mass is 79.9. The van der Waals surface area contributed by atoms with Gasteiger partial charge in [0.25, 0.3) is 0 Å². The maximum atomic E-state index is 11.8. The molecule has 0 aliphatic heterocycles. The number of unbranched alkanes of at least 4 members (excludes halogenated alkanes) is 2. The smallest absolute Gasteiger partial charge is 0.240 e. The average molecular weight is 341 g/mol. The van der Waals surface area contributed by atoms with Crippen molar-refractivity contribution < 1.29 is 9.59 Å². The zero-order chi connectivity index (χ0) is 15.0. The van der Waals surface area contributed by atoms with Crippen molar-refractivity contribution in [2.24, 2.45) is 0 Å². The van der Waals surface area contributed by atoms with Gasteiger partial charge < -0.3 is 10.2 Å². The van der Waals surface area contributed by atoms with Crippen LogP contribution in [0.3, 0.4) is 0 Å². The number of benzene rings is 1. The van der Waals surface area contributed by atoms with Crippen LogP contribution in [0.1, 0.15) is 33.1 Å². The number of halogens is 1. The molecule has 1 rings (SSSR count). The molecule has 0 spiro atoms. The molecule has 0 aliphatic carbocycles. The van der Waals surface area contributed by atoms with Gasteiger partial charge in [0, 0.05) is 23.6 Å². The Morgan fingerprint density at radius 1 is 1.20 bits per heavy atom. The van der Waals surface area contributed by atoms with Crippen LogP contribution >= 0.6 is 15.9 Å². The minimum absolute atomic E-state index is 0.0586. The number of nitrogens with zero attached hydrogens (tertiary/aromatic N) is 1. The van der Waals surface area contributed by atoms with E-state index >= 15 is 0 Å². The Hall–Kier alpha value is -1.36. The van der Waals surface area contributed by atoms with Crippen LogP contribution < -0.4 is 10.2 Å². The highest BCUT2D eigenvalue weighted by Gasteiger charge is 2.15. The molecule has 0 bridgehead atoms. The second-order valence-corrected chi connectivity index (χ2v) is 5.55. The highest BCUT2D eigenvalue weighted by molar-refractivity contribution is 9.10. The molecule has 0 unspecified atom stereocenters. The maximum Gasteiger partial charge on any atom is 0.240 e. The minimum atomic E-state index is -0.143. The summed E-state index contributed by atoms with van der Waals surface area (Å²) in [5, 5.41) is 2.84. The van der Waals surface area contributed by atoms with E-state index in [4.69, 9.17) is 0 Å². The molecule has 1 aromatic carbocycles. The first kappa shape index (κ1) is 16.7. The van der Waals surface area contributed by atoms with Gasteiger partial charge in [-0.25, -0.2) is 0 Å². The van der Waals surface area contributed by atoms with Crippen LogP contribution in [-0.2, 0) is 9.59 Å². The average Bonchev–Trinajstić information content (AvgIpc) is 2.42. The monoisotopic (exact) mass is 340 g/mol. The zero-order valence-corrected chi connectivity index (χ0v) is 13.6. The van der Waals surface area contributed by atoms with Crippen LogP contribution in [0, 0.1) is 0 Å². The number of hydrogen-bond donors (Lipinski definition) is 1. The Balaban J connectivity index is 2.57. The van der Waals surface area contributed by atoms with Crippen molar-refractivity contribution >= 4 is 33.4 Å². The molecule has 110 valence electrons. The van der Waals surface area contributed by atoms with Gasteiger partial charge in [0.15, 0.2) is 0 Å². The third-order valence-corrected chi connectivity index (χ3v) is 3.45. The number of carbonyl (C=O) groups excluding carboxylic acids is 2. The van der Waals surface area contributed by atoms with E-state index in [1.807, 2.05) is 24.3 Å². The number of hydrogen-bond acceptors (Lipinski definition) is 2. The van der Waals surface area contributed by atoms with Gasteiger partial charge in [-0.2, -0.15) is 0 Å². The van der Waals surface area contributed by atoms with Gasteiger partial charge in [-0.3, -0.25) is 9.59 Å². The topological polar surface area (TPSA) is 49.4 Å². The van der Waals surface area contributed by atoms with Gasteiger partial charge in [-0.1, -0.05) is 35.7 Å². The molecular formula is C15H21BrN2O2. The van der Waals surface area contributed by atoms with Crippen molar-refractivity contribution in [1.82, 2.24) is 5.32 Å². The Bertz CT molecular complexity index is 446. The first-order chi connectivity index (χ1) is 9.54. The summed E-state index contributed by atoms with van der Waals surface area (Å²) in [4.78, 5) is 25.0. The van der Waals surface area contributed by atoms with E-state index in [0.717, 1.165) is 29.4 Å². The number of anilines is 1. The summed E-state index contributed by atoms with van der Waals surface area (Å²) in [6.07, 6.45) is 3.19. The summed E-state index contributed by atoms with van der Waals surface area (Å²) in [7, 11) is 0. The Labute approximate surface area is 128 Å². The van der Waals surface area contributed by atoms with Crippen LogP contribution in [0.15, 0.2) is 28.7 Å². The Morgan fingerprint density at radius 3 is 2.40 bits per heavy atom. The van der Waals surface area contributed by atoms with Crippen LogP contribution in [0.4, 0.5) is 5.69 Å². The molecule has 0 aromatic heterocycles. The van der Waals surface area contributed by atoms with Gasteiger partial charge in [-0.15, -0.1) is 0 Å². The van der Waals surface area contributed by atoms with Gasteiger partial charge in [0.1, 0.15) is 6.54 Å². The zero-order valence-electron chi connectivity index (χ0n) is 12.0. The summed E-state index contributed by atoms with van der Waals surface area (Å²) in [5.74, 6) is -0.268. The summed E-state index contributed by atoms with van der Waals surface area (Å²) in [6.45, 7) is 4.31. The number of nitrogens with one attached hydrogen (secondary N) is 1. The molecule has 20 heavy (non-hydrogen) atoms. The summed E-state index contributed by atoms with van der Waals surface area (Å²) >= 11 is 3.35. The van der Waals surface area contributed by atoms with Crippen LogP contribution in [0.2, 0.25) is 0 Å². The summed E-state index contributed by atoms with van der Waals surface area (Å²) in [5.41, 5.74) is 0.726. The van der Waals surface area contributed by atoms with E-state index in [0.29, 0.717) is 6.54 Å². The molecule has 0 fully saturated rings. The molecular weight excluding hydrogens is 320 g/mol. The van der Waals surface area contributed by atoms with E-state index < -0.39 is 0 Å². The van der Waals surface area contributed by atoms with Gasteiger partial charge in [0.2, 0.25) is 11.8 Å². The lowest BCUT2D eigenvalue weighted by Gasteiger charge is -2.20. The predicted molar refractivity (Wildman–Crippen MR) is 84.7 cm³/mol. The molecule has 0 heterocycles. The van der Waals surface area contributed by atoms with Crippen LogP contribution in [-0.4, -0.2) is 24.9 Å². The third-order valence-electron chi connectivity index (χ3n) is 2.92. The van der Waals surface area contributed by atoms with E-state index in [9.17, 15) is 9.59 Å². The molecule has 0 radical (unpaired) electrons. The quantitative estimate of drug-likeness (QED) is 0.775. The van der Waals surface area contributed by atoms with Crippen molar-refractivity contribution in [2.75, 3.05) is 18.0 Å². The van der Waals surface area contributed by atoms with Crippen LogP contribution in [0.5, 0.6) is 0 Å². The first-order valence-corrected chi connectivity index (χ1v) is 7.64. The molecule has 1 aromatic rings. The second-order valence-electron chi connectivity index (χ2n) is 4.64. The van der Waals surface area contributed by atoms with Crippen LogP contribution in [0.25, 0.3) is 0 Å². The van der Waals surface area contributed by atoms with Gasteiger partial charge in [0.05, 0.1) is 0 Å². The molecule has 0 atom stereocenters. The first-order valence-electron chi connectivity index (χ1n) is 6.85. The predicted octanol–water partition coefficient (Wildman–Crippen LogP) is 3.11. The third kappa shape index (κ3) is 5.74. The lowest BCUT2D eigenvalue weighted by molar-refractivity contribution is -0.123. The largest absolute Gasteiger partial charge is 0.355 e. The molecule has 2 amide bonds. The van der Waals surface area contributed by atoms with Crippen molar-refractivity contribution in [3.05, 3.63) is 28.7 Å². The van der Waals surface area contributed by atoms with E-state index in [1.54, 1.807) is 0 Å². The molecule has 0 saturated heterocycles. The Kier molecular flexibility index (Phi) is 7.30. The lowest BCUT2D eigenvalue weighted by atomic mass is 10.2. The fraction of sp³-hybridized carbons (Fsp3) is 0.467. The van der Waals surface area contributed by atoms with Crippen molar-refractivity contribution in [3.8, 4) is 0 Å². The summed E-state index contributed by atoms with van der Waals surface area (Å²) < 4.78 is 0.939. The SMILES string of the molecule is CCCCCNC(=O)CN(C(C)=O)c1ccc(Br)cc1. The minimum Gasteiger partial charge on any atom is -0.355 e. The fourth-order valence-electron chi connectivity index (χ4n) is 1.81. The molecule has 0 aliphatic rings. The van der Waals surface area contributed by atoms with Crippen molar-refractivity contribution in [3.63, 3.8) is 0 Å². The van der Waals surface area contributed by atoms with Crippen molar-refractivity contribution in [2.45, 2.75) is 33.1 Å². The number of carbonyl (C=O) groups is 2. The lowest BCUT2D eigenvalue weighted by Crippen LogP contribution is -2.40. The maximum absolute atomic E-state index is 11.8. The van der Waals surface area contributed by atoms with Gasteiger partial charge in [-0.05, 0) is 30.7 Å². The van der Waals surface area contributed by atoms with E-state index in [-0.39, 0.29) is 18.4 Å².